The molecule has 2 heterocycles. The molecule has 130 valence electrons. The molecule has 0 aliphatic carbocycles. The summed E-state index contributed by atoms with van der Waals surface area (Å²) in [5, 5.41) is 1.62. The number of unbranched alkanes of at least 4 members (excludes halogenated alkanes) is 1. The Bertz CT molecular complexity index is 655. The molecule has 1 atom stereocenters. The molecule has 0 fully saturated rings. The Labute approximate surface area is 143 Å². The second-order valence-electron chi connectivity index (χ2n) is 5.58. The number of rotatable bonds is 9. The molecule has 0 radical (unpaired) electrons. The first-order valence-corrected chi connectivity index (χ1v) is 8.69. The minimum Gasteiger partial charge on any atom is -0.466 e. The first-order chi connectivity index (χ1) is 11.5. The minimum absolute atomic E-state index is 0.00921. The fraction of sp³-hybridized carbons (Fsp3) is 0.500. The van der Waals surface area contributed by atoms with Crippen LogP contribution in [-0.2, 0) is 20.9 Å². The van der Waals surface area contributed by atoms with E-state index in [-0.39, 0.29) is 25.3 Å². The van der Waals surface area contributed by atoms with Gasteiger partial charge in [-0.3, -0.25) is 19.2 Å². The third-order valence-electron chi connectivity index (χ3n) is 3.92. The second kappa shape index (κ2) is 8.05. The lowest BCUT2D eigenvalue weighted by Crippen LogP contribution is -2.45. The largest absolute Gasteiger partial charge is 0.466 e. The highest BCUT2D eigenvalue weighted by Gasteiger charge is 2.38. The monoisotopic (exact) mass is 352 g/mol. The summed E-state index contributed by atoms with van der Waals surface area (Å²) in [6.07, 6.45) is 2.51. The van der Waals surface area contributed by atoms with Crippen LogP contribution in [-0.4, -0.2) is 41.6 Å². The van der Waals surface area contributed by atoms with Gasteiger partial charge in [0.05, 0.1) is 11.5 Å². The van der Waals surface area contributed by atoms with Gasteiger partial charge < -0.3 is 15.4 Å². The lowest BCUT2D eigenvalue weighted by atomic mass is 10.1. The Hall–Kier alpha value is -2.22. The Morgan fingerprint density at radius 2 is 2.25 bits per heavy atom. The summed E-state index contributed by atoms with van der Waals surface area (Å²) in [4.78, 5) is 48.6. The van der Waals surface area contributed by atoms with Gasteiger partial charge in [0.1, 0.15) is 6.04 Å². The van der Waals surface area contributed by atoms with Crippen LogP contribution in [0.1, 0.15) is 58.2 Å². The normalized spacial score (nSPS) is 14.4. The van der Waals surface area contributed by atoms with Gasteiger partial charge in [0.2, 0.25) is 5.91 Å². The molecule has 0 saturated heterocycles. The number of aldehydes is 1. The van der Waals surface area contributed by atoms with Gasteiger partial charge in [-0.1, -0.05) is 13.3 Å². The number of esters is 1. The number of nitrogens with zero attached hydrogens (tertiary/aromatic N) is 1. The van der Waals surface area contributed by atoms with Gasteiger partial charge in [-0.25, -0.2) is 0 Å². The standard InChI is InChI=1S/C16H20N2O5S/c1-2-3-6-23-13(20)5-4-12(15(17)21)18-7-11-10(8-19)9-24-14(11)16(18)22/h8-9,12H,2-7H2,1H3,(H2,17,21). The van der Waals surface area contributed by atoms with Gasteiger partial charge in [0.15, 0.2) is 6.29 Å². The molecule has 1 aliphatic heterocycles. The highest BCUT2D eigenvalue weighted by molar-refractivity contribution is 7.12. The van der Waals surface area contributed by atoms with E-state index in [1.54, 1.807) is 5.38 Å². The van der Waals surface area contributed by atoms with Crippen LogP contribution in [0.4, 0.5) is 0 Å². The van der Waals surface area contributed by atoms with E-state index < -0.39 is 17.9 Å². The first kappa shape index (κ1) is 18.1. The number of fused-ring (bicyclic) bond motifs is 1. The van der Waals surface area contributed by atoms with Crippen molar-refractivity contribution in [2.45, 2.75) is 45.2 Å². The Balaban J connectivity index is 2.00. The SMILES string of the molecule is CCCCOC(=O)CCC(C(N)=O)N1Cc2c(C=O)csc2C1=O. The van der Waals surface area contributed by atoms with Crippen molar-refractivity contribution in [3.05, 3.63) is 21.4 Å². The predicted molar refractivity (Wildman–Crippen MR) is 87.7 cm³/mol. The average Bonchev–Trinajstić information content (AvgIpc) is 3.08. The fourth-order valence-electron chi connectivity index (χ4n) is 2.57. The number of nitrogens with two attached hydrogens (primary N) is 1. The number of hydrogen-bond acceptors (Lipinski definition) is 6. The summed E-state index contributed by atoms with van der Waals surface area (Å²) < 4.78 is 5.05. The van der Waals surface area contributed by atoms with E-state index in [2.05, 4.69) is 0 Å². The van der Waals surface area contributed by atoms with Crippen molar-refractivity contribution < 1.29 is 23.9 Å². The second-order valence-corrected chi connectivity index (χ2v) is 6.46. The van der Waals surface area contributed by atoms with Crippen molar-refractivity contribution >= 4 is 35.4 Å². The molecule has 8 heteroatoms. The number of amides is 2. The van der Waals surface area contributed by atoms with Crippen LogP contribution in [0.25, 0.3) is 0 Å². The van der Waals surface area contributed by atoms with E-state index in [1.165, 1.54) is 16.2 Å². The minimum atomic E-state index is -0.893. The number of thiophene rings is 1. The van der Waals surface area contributed by atoms with Crippen LogP contribution < -0.4 is 5.73 Å². The number of hydrogen-bond donors (Lipinski definition) is 1. The van der Waals surface area contributed by atoms with Crippen LogP contribution in [0.3, 0.4) is 0 Å². The van der Waals surface area contributed by atoms with E-state index in [4.69, 9.17) is 10.5 Å². The zero-order valence-corrected chi connectivity index (χ0v) is 14.3. The molecular weight excluding hydrogens is 332 g/mol. The summed E-state index contributed by atoms with van der Waals surface area (Å²) in [6.45, 7) is 2.49. The van der Waals surface area contributed by atoms with Crippen molar-refractivity contribution in [3.8, 4) is 0 Å². The molecule has 1 aliphatic rings. The highest BCUT2D eigenvalue weighted by atomic mass is 32.1. The van der Waals surface area contributed by atoms with E-state index in [0.717, 1.165) is 12.8 Å². The number of carbonyl (C=O) groups excluding carboxylic acids is 4. The van der Waals surface area contributed by atoms with E-state index >= 15 is 0 Å². The Morgan fingerprint density at radius 3 is 2.88 bits per heavy atom. The van der Waals surface area contributed by atoms with Crippen LogP contribution in [0.5, 0.6) is 0 Å². The molecule has 0 saturated carbocycles. The number of primary amides is 1. The lowest BCUT2D eigenvalue weighted by molar-refractivity contribution is -0.144. The molecule has 1 aromatic heterocycles. The summed E-state index contributed by atoms with van der Waals surface area (Å²) in [5.41, 5.74) is 6.48. The van der Waals surface area contributed by atoms with Crippen molar-refractivity contribution in [1.82, 2.24) is 4.90 Å². The molecule has 7 nitrogen and oxygen atoms in total. The molecule has 2 N–H and O–H groups in total. The third-order valence-corrected chi connectivity index (χ3v) is 4.95. The maximum atomic E-state index is 12.4. The first-order valence-electron chi connectivity index (χ1n) is 7.81. The highest BCUT2D eigenvalue weighted by Crippen LogP contribution is 2.32. The van der Waals surface area contributed by atoms with E-state index in [0.29, 0.717) is 28.9 Å². The smallest absolute Gasteiger partial charge is 0.305 e. The maximum Gasteiger partial charge on any atom is 0.305 e. The van der Waals surface area contributed by atoms with Gasteiger partial charge in [0, 0.05) is 29.5 Å². The molecule has 0 aromatic carbocycles. The Kier molecular flexibility index (Phi) is 6.08. The van der Waals surface area contributed by atoms with Crippen molar-refractivity contribution in [1.29, 1.82) is 0 Å². The molecule has 0 spiro atoms. The summed E-state index contributed by atoms with van der Waals surface area (Å²) in [5.74, 6) is -1.41. The van der Waals surface area contributed by atoms with Gasteiger partial charge in [-0.05, 0) is 12.8 Å². The average molecular weight is 352 g/mol. The summed E-state index contributed by atoms with van der Waals surface area (Å²) in [7, 11) is 0. The molecule has 0 bridgehead atoms. The molecule has 2 amide bonds. The quantitative estimate of drug-likeness (QED) is 0.412. The predicted octanol–water partition coefficient (Wildman–Crippen LogP) is 1.49. The van der Waals surface area contributed by atoms with Gasteiger partial charge in [0.25, 0.3) is 5.91 Å². The molecule has 24 heavy (non-hydrogen) atoms. The Morgan fingerprint density at radius 1 is 1.50 bits per heavy atom. The van der Waals surface area contributed by atoms with Crippen LogP contribution >= 0.6 is 11.3 Å². The van der Waals surface area contributed by atoms with E-state index in [1.807, 2.05) is 6.92 Å². The van der Waals surface area contributed by atoms with Crippen LogP contribution in [0.15, 0.2) is 5.38 Å². The van der Waals surface area contributed by atoms with Gasteiger partial charge in [-0.2, -0.15) is 0 Å². The van der Waals surface area contributed by atoms with Crippen molar-refractivity contribution in [2.24, 2.45) is 5.73 Å². The molecule has 1 unspecified atom stereocenters. The van der Waals surface area contributed by atoms with Crippen LogP contribution in [0, 0.1) is 0 Å². The molecule has 2 rings (SSSR count). The topological polar surface area (TPSA) is 107 Å². The molecule has 1 aromatic rings. The maximum absolute atomic E-state index is 12.4. The zero-order chi connectivity index (χ0) is 17.7. The van der Waals surface area contributed by atoms with Crippen LogP contribution in [0.2, 0.25) is 0 Å². The summed E-state index contributed by atoms with van der Waals surface area (Å²) >= 11 is 1.18. The molecular formula is C16H20N2O5S. The lowest BCUT2D eigenvalue weighted by Gasteiger charge is -2.25. The van der Waals surface area contributed by atoms with Gasteiger partial charge in [-0.15, -0.1) is 11.3 Å². The fourth-order valence-corrected chi connectivity index (χ4v) is 3.56. The van der Waals surface area contributed by atoms with Crippen molar-refractivity contribution in [3.63, 3.8) is 0 Å². The number of ether oxygens (including phenoxy) is 1. The van der Waals surface area contributed by atoms with E-state index in [9.17, 15) is 19.2 Å². The number of carbonyl (C=O) groups is 4. The zero-order valence-electron chi connectivity index (χ0n) is 13.4. The third kappa shape index (κ3) is 3.81. The summed E-state index contributed by atoms with van der Waals surface area (Å²) in [6, 6.07) is -0.893. The van der Waals surface area contributed by atoms with Gasteiger partial charge >= 0.3 is 5.97 Å². The van der Waals surface area contributed by atoms with Crippen molar-refractivity contribution in [2.75, 3.05) is 6.61 Å².